The Bertz CT molecular complexity index is 362. The quantitative estimate of drug-likeness (QED) is 0.922. The van der Waals surface area contributed by atoms with Crippen LogP contribution in [0.2, 0.25) is 0 Å². The number of hydrogen-bond donors (Lipinski definition) is 1. The molecule has 1 unspecified atom stereocenters. The highest BCUT2D eigenvalue weighted by atomic mass is 35.5. The number of rotatable bonds is 4. The highest BCUT2D eigenvalue weighted by Crippen LogP contribution is 2.13. The molecule has 1 aromatic heterocycles. The minimum atomic E-state index is 0. The molecule has 1 N–H and O–H groups in total. The lowest BCUT2D eigenvalue weighted by Gasteiger charge is -2.32. The van der Waals surface area contributed by atoms with Crippen LogP contribution in [0, 0.1) is 0 Å². The molecular formula is C12H21Cl2N3OS. The van der Waals surface area contributed by atoms with Gasteiger partial charge in [0, 0.05) is 43.5 Å². The molecule has 1 aromatic rings. The van der Waals surface area contributed by atoms with Gasteiger partial charge in [0.15, 0.2) is 0 Å². The summed E-state index contributed by atoms with van der Waals surface area (Å²) in [5.74, 6) is 0.264. The van der Waals surface area contributed by atoms with Crippen LogP contribution in [0.1, 0.15) is 24.3 Å². The Morgan fingerprint density at radius 2 is 2.37 bits per heavy atom. The summed E-state index contributed by atoms with van der Waals surface area (Å²) in [4.78, 5) is 18.2. The van der Waals surface area contributed by atoms with Gasteiger partial charge in [0.1, 0.15) is 0 Å². The van der Waals surface area contributed by atoms with E-state index in [-0.39, 0.29) is 30.7 Å². The van der Waals surface area contributed by atoms with E-state index in [1.807, 2.05) is 17.3 Å². The number of hydrogen-bond acceptors (Lipinski definition) is 4. The molecule has 0 radical (unpaired) electrons. The molecule has 2 heterocycles. The lowest BCUT2D eigenvalue weighted by molar-refractivity contribution is -0.132. The van der Waals surface area contributed by atoms with E-state index in [9.17, 15) is 4.79 Å². The van der Waals surface area contributed by atoms with Crippen LogP contribution in [0.15, 0.2) is 11.6 Å². The van der Waals surface area contributed by atoms with E-state index in [0.717, 1.165) is 30.9 Å². The third-order valence-electron chi connectivity index (χ3n) is 3.22. The number of halogens is 2. The van der Waals surface area contributed by atoms with Crippen LogP contribution in [0.25, 0.3) is 0 Å². The van der Waals surface area contributed by atoms with E-state index in [1.165, 1.54) is 6.42 Å². The smallest absolute Gasteiger partial charge is 0.223 e. The summed E-state index contributed by atoms with van der Waals surface area (Å²) in [5.41, 5.74) is 0. The summed E-state index contributed by atoms with van der Waals surface area (Å²) in [6, 6.07) is 0.465. The lowest BCUT2D eigenvalue weighted by Crippen LogP contribution is -2.47. The van der Waals surface area contributed by atoms with Crippen LogP contribution < -0.4 is 5.32 Å². The van der Waals surface area contributed by atoms with Gasteiger partial charge < -0.3 is 10.2 Å². The molecule has 0 bridgehead atoms. The molecule has 0 spiro atoms. The van der Waals surface area contributed by atoms with Crippen molar-refractivity contribution in [1.29, 1.82) is 0 Å². The van der Waals surface area contributed by atoms with E-state index in [2.05, 4.69) is 10.3 Å². The van der Waals surface area contributed by atoms with E-state index in [4.69, 9.17) is 0 Å². The second-order valence-corrected chi connectivity index (χ2v) is 5.37. The molecule has 1 fully saturated rings. The van der Waals surface area contributed by atoms with Gasteiger partial charge in [0.25, 0.3) is 0 Å². The van der Waals surface area contributed by atoms with Crippen LogP contribution in [0.4, 0.5) is 0 Å². The number of aryl methyl sites for hydroxylation is 1. The van der Waals surface area contributed by atoms with Crippen molar-refractivity contribution < 1.29 is 4.79 Å². The van der Waals surface area contributed by atoms with Gasteiger partial charge in [-0.05, 0) is 19.9 Å². The number of amides is 1. The molecule has 1 aliphatic rings. The van der Waals surface area contributed by atoms with Crippen molar-refractivity contribution >= 4 is 42.1 Å². The van der Waals surface area contributed by atoms with Gasteiger partial charge in [0.05, 0.1) is 5.01 Å². The number of nitrogens with one attached hydrogen (secondary N) is 1. The Balaban J connectivity index is 0.00000162. The maximum absolute atomic E-state index is 12.0. The minimum absolute atomic E-state index is 0. The Hall–Kier alpha value is -0.360. The summed E-state index contributed by atoms with van der Waals surface area (Å²) in [7, 11) is 1.97. The van der Waals surface area contributed by atoms with Gasteiger partial charge in [-0.25, -0.2) is 4.98 Å². The molecule has 1 amide bonds. The fourth-order valence-corrected chi connectivity index (χ4v) is 2.81. The monoisotopic (exact) mass is 325 g/mol. The Kier molecular flexibility index (Phi) is 9.35. The van der Waals surface area contributed by atoms with Gasteiger partial charge in [-0.15, -0.1) is 36.2 Å². The third-order valence-corrected chi connectivity index (χ3v) is 4.06. The van der Waals surface area contributed by atoms with E-state index in [1.54, 1.807) is 17.5 Å². The first-order valence-corrected chi connectivity index (χ1v) is 7.01. The number of likely N-dealkylation sites (N-methyl/N-ethyl adjacent to an activating group) is 1. The van der Waals surface area contributed by atoms with Crippen molar-refractivity contribution in [2.75, 3.05) is 20.1 Å². The molecule has 0 aromatic carbocycles. The second kappa shape index (κ2) is 9.53. The van der Waals surface area contributed by atoms with E-state index >= 15 is 0 Å². The summed E-state index contributed by atoms with van der Waals surface area (Å²) in [6.07, 6.45) is 5.44. The van der Waals surface area contributed by atoms with Gasteiger partial charge in [-0.1, -0.05) is 0 Å². The van der Waals surface area contributed by atoms with Gasteiger partial charge in [-0.2, -0.15) is 0 Å². The Labute approximate surface area is 130 Å². The summed E-state index contributed by atoms with van der Waals surface area (Å²) < 4.78 is 0. The highest BCUT2D eigenvalue weighted by molar-refractivity contribution is 7.09. The first-order valence-electron chi connectivity index (χ1n) is 6.13. The summed E-state index contributed by atoms with van der Waals surface area (Å²) in [6.45, 7) is 1.77. The van der Waals surface area contributed by atoms with E-state index < -0.39 is 0 Å². The molecular weight excluding hydrogens is 305 g/mol. The van der Waals surface area contributed by atoms with Crippen LogP contribution in [-0.4, -0.2) is 42.0 Å². The number of carbonyl (C=O) groups is 1. The topological polar surface area (TPSA) is 45.2 Å². The molecule has 1 saturated heterocycles. The van der Waals surface area contributed by atoms with Crippen LogP contribution in [0.5, 0.6) is 0 Å². The third kappa shape index (κ3) is 5.65. The molecule has 4 nitrogen and oxygen atoms in total. The maximum Gasteiger partial charge on any atom is 0.223 e. The summed E-state index contributed by atoms with van der Waals surface area (Å²) in [5, 5.41) is 6.27. The number of carbonyl (C=O) groups excluding carboxylic acids is 1. The normalized spacial score (nSPS) is 18.4. The van der Waals surface area contributed by atoms with Crippen molar-refractivity contribution in [3.63, 3.8) is 0 Å². The lowest BCUT2D eigenvalue weighted by atomic mass is 10.1. The largest absolute Gasteiger partial charge is 0.341 e. The molecule has 19 heavy (non-hydrogen) atoms. The Morgan fingerprint density at radius 3 is 3.00 bits per heavy atom. The zero-order valence-electron chi connectivity index (χ0n) is 11.0. The Morgan fingerprint density at radius 1 is 1.58 bits per heavy atom. The van der Waals surface area contributed by atoms with Gasteiger partial charge >= 0.3 is 0 Å². The first-order chi connectivity index (χ1) is 8.29. The number of piperidine rings is 1. The minimum Gasteiger partial charge on any atom is -0.341 e. The second-order valence-electron chi connectivity index (χ2n) is 4.39. The number of thiazole rings is 1. The standard InChI is InChI=1S/C12H19N3OS.2ClH/c1-13-10-3-2-7-15(9-10)12(16)5-4-11-14-6-8-17-11;;/h6,8,10,13H,2-5,7,9H2,1H3;2*1H. The maximum atomic E-state index is 12.0. The SMILES string of the molecule is CNC1CCCN(C(=O)CCc2nccs2)C1.Cl.Cl. The fraction of sp³-hybridized carbons (Fsp3) is 0.667. The molecule has 7 heteroatoms. The molecule has 0 aliphatic carbocycles. The van der Waals surface area contributed by atoms with Crippen molar-refractivity contribution in [3.8, 4) is 0 Å². The van der Waals surface area contributed by atoms with Crippen molar-refractivity contribution in [2.24, 2.45) is 0 Å². The van der Waals surface area contributed by atoms with Gasteiger partial charge in [-0.3, -0.25) is 4.79 Å². The molecule has 0 saturated carbocycles. The number of nitrogens with zero attached hydrogens (tertiary/aromatic N) is 2. The molecule has 1 aliphatic heterocycles. The molecule has 110 valence electrons. The predicted octanol–water partition coefficient (Wildman–Crippen LogP) is 2.13. The predicted molar refractivity (Wildman–Crippen MR) is 83.6 cm³/mol. The first kappa shape index (κ1) is 18.6. The number of likely N-dealkylation sites (tertiary alicyclic amines) is 1. The zero-order valence-corrected chi connectivity index (χ0v) is 13.5. The van der Waals surface area contributed by atoms with Crippen LogP contribution in [0.3, 0.4) is 0 Å². The van der Waals surface area contributed by atoms with Crippen LogP contribution in [-0.2, 0) is 11.2 Å². The number of aromatic nitrogens is 1. The average molecular weight is 326 g/mol. The highest BCUT2D eigenvalue weighted by Gasteiger charge is 2.22. The average Bonchev–Trinajstić information content (AvgIpc) is 2.89. The summed E-state index contributed by atoms with van der Waals surface area (Å²) >= 11 is 1.62. The van der Waals surface area contributed by atoms with Crippen molar-refractivity contribution in [1.82, 2.24) is 15.2 Å². The van der Waals surface area contributed by atoms with E-state index in [0.29, 0.717) is 12.5 Å². The molecule has 1 atom stereocenters. The fourth-order valence-electron chi connectivity index (χ4n) is 2.19. The van der Waals surface area contributed by atoms with Crippen molar-refractivity contribution in [3.05, 3.63) is 16.6 Å². The zero-order chi connectivity index (χ0) is 12.1. The van der Waals surface area contributed by atoms with Crippen LogP contribution >= 0.6 is 36.2 Å². The van der Waals surface area contributed by atoms with Crippen molar-refractivity contribution in [2.45, 2.75) is 31.7 Å². The van der Waals surface area contributed by atoms with Gasteiger partial charge in [0.2, 0.25) is 5.91 Å². The molecule has 2 rings (SSSR count).